The highest BCUT2D eigenvalue weighted by Gasteiger charge is 2.14. The molecule has 0 bridgehead atoms. The van der Waals surface area contributed by atoms with Crippen molar-refractivity contribution in [3.63, 3.8) is 0 Å². The lowest BCUT2D eigenvalue weighted by molar-refractivity contribution is 0.625. The minimum Gasteiger partial charge on any atom is -0.396 e. The van der Waals surface area contributed by atoms with Crippen LogP contribution in [0, 0.1) is 12.7 Å². The van der Waals surface area contributed by atoms with Crippen LogP contribution in [0.2, 0.25) is 0 Å². The molecule has 0 aliphatic rings. The van der Waals surface area contributed by atoms with E-state index < -0.39 is 0 Å². The number of nitrogens with two attached hydrogens (primary N) is 1. The summed E-state index contributed by atoms with van der Waals surface area (Å²) in [6.07, 6.45) is 3.54. The zero-order valence-corrected chi connectivity index (χ0v) is 11.2. The van der Waals surface area contributed by atoms with Gasteiger partial charge >= 0.3 is 0 Å². The van der Waals surface area contributed by atoms with E-state index in [-0.39, 0.29) is 5.82 Å². The molecule has 0 spiro atoms. The molecule has 0 unspecified atom stereocenters. The van der Waals surface area contributed by atoms with E-state index in [0.717, 1.165) is 11.3 Å². The van der Waals surface area contributed by atoms with Gasteiger partial charge in [-0.15, -0.1) is 0 Å². The highest BCUT2D eigenvalue weighted by atomic mass is 19.1. The number of halogens is 1. The fraction of sp³-hybridized carbons (Fsp3) is 0.143. The number of nitrogens with zero attached hydrogens (tertiary/aromatic N) is 4. The fourth-order valence-corrected chi connectivity index (χ4v) is 2.18. The number of aryl methyl sites for hydroxylation is 2. The molecule has 0 radical (unpaired) electrons. The second kappa shape index (κ2) is 4.48. The van der Waals surface area contributed by atoms with Gasteiger partial charge in [0, 0.05) is 18.8 Å². The van der Waals surface area contributed by atoms with Gasteiger partial charge in [-0.2, -0.15) is 10.2 Å². The molecular formula is C14H14FN5. The van der Waals surface area contributed by atoms with E-state index in [1.54, 1.807) is 27.7 Å². The molecule has 5 nitrogen and oxygen atoms in total. The van der Waals surface area contributed by atoms with Gasteiger partial charge in [-0.25, -0.2) is 9.07 Å². The largest absolute Gasteiger partial charge is 0.396 e. The lowest BCUT2D eigenvalue weighted by Gasteiger charge is -2.00. The van der Waals surface area contributed by atoms with Gasteiger partial charge < -0.3 is 5.73 Å². The van der Waals surface area contributed by atoms with Gasteiger partial charge in [-0.3, -0.25) is 4.68 Å². The van der Waals surface area contributed by atoms with Crippen molar-refractivity contribution in [2.45, 2.75) is 6.92 Å². The van der Waals surface area contributed by atoms with Crippen LogP contribution in [-0.4, -0.2) is 19.6 Å². The summed E-state index contributed by atoms with van der Waals surface area (Å²) in [6.45, 7) is 1.90. The van der Waals surface area contributed by atoms with E-state index in [1.807, 2.05) is 20.2 Å². The molecule has 0 amide bonds. The number of aromatic nitrogens is 4. The monoisotopic (exact) mass is 271 g/mol. The smallest absolute Gasteiger partial charge is 0.125 e. The Kier molecular flexibility index (Phi) is 2.78. The van der Waals surface area contributed by atoms with Crippen LogP contribution in [0.15, 0.2) is 36.7 Å². The lowest BCUT2D eigenvalue weighted by Crippen LogP contribution is -1.95. The summed E-state index contributed by atoms with van der Waals surface area (Å²) in [5.41, 5.74) is 9.55. The minimum atomic E-state index is -0.310. The third-order valence-electron chi connectivity index (χ3n) is 3.08. The number of benzene rings is 1. The summed E-state index contributed by atoms with van der Waals surface area (Å²) in [4.78, 5) is 0. The third-order valence-corrected chi connectivity index (χ3v) is 3.08. The van der Waals surface area contributed by atoms with Crippen molar-refractivity contribution < 1.29 is 4.39 Å². The van der Waals surface area contributed by atoms with Crippen LogP contribution < -0.4 is 5.73 Å². The summed E-state index contributed by atoms with van der Waals surface area (Å²) in [7, 11) is 1.84. The van der Waals surface area contributed by atoms with Crippen LogP contribution in [0.3, 0.4) is 0 Å². The fourth-order valence-electron chi connectivity index (χ4n) is 2.18. The van der Waals surface area contributed by atoms with E-state index in [2.05, 4.69) is 10.2 Å². The second-order valence-corrected chi connectivity index (χ2v) is 4.66. The lowest BCUT2D eigenvalue weighted by atomic mass is 10.2. The van der Waals surface area contributed by atoms with Crippen LogP contribution in [0.4, 0.5) is 10.1 Å². The number of nitrogen functional groups attached to an aromatic ring is 1. The van der Waals surface area contributed by atoms with Crippen LogP contribution in [-0.2, 0) is 7.05 Å². The van der Waals surface area contributed by atoms with E-state index in [0.29, 0.717) is 17.1 Å². The Morgan fingerprint density at radius 3 is 2.65 bits per heavy atom. The van der Waals surface area contributed by atoms with Crippen LogP contribution >= 0.6 is 0 Å². The third kappa shape index (κ3) is 2.05. The van der Waals surface area contributed by atoms with Crippen molar-refractivity contribution in [2.24, 2.45) is 7.05 Å². The molecule has 6 heteroatoms. The Morgan fingerprint density at radius 2 is 2.00 bits per heavy atom. The van der Waals surface area contributed by atoms with Gasteiger partial charge in [-0.1, -0.05) is 6.07 Å². The second-order valence-electron chi connectivity index (χ2n) is 4.66. The Hall–Kier alpha value is -2.63. The number of hydrogen-bond acceptors (Lipinski definition) is 3. The van der Waals surface area contributed by atoms with Gasteiger partial charge in [0.05, 0.1) is 23.3 Å². The number of rotatable bonds is 2. The van der Waals surface area contributed by atoms with E-state index in [4.69, 9.17) is 5.73 Å². The highest BCUT2D eigenvalue weighted by Crippen LogP contribution is 2.27. The molecule has 3 aromatic rings. The topological polar surface area (TPSA) is 61.7 Å². The van der Waals surface area contributed by atoms with Crippen molar-refractivity contribution >= 4 is 5.69 Å². The van der Waals surface area contributed by atoms with E-state index in [9.17, 15) is 4.39 Å². The summed E-state index contributed by atoms with van der Waals surface area (Å²) < 4.78 is 16.5. The van der Waals surface area contributed by atoms with Crippen LogP contribution in [0.5, 0.6) is 0 Å². The van der Waals surface area contributed by atoms with Gasteiger partial charge in [0.1, 0.15) is 11.5 Å². The predicted octanol–water partition coefficient (Wildman–Crippen LogP) is 2.30. The van der Waals surface area contributed by atoms with Gasteiger partial charge in [-0.05, 0) is 25.1 Å². The quantitative estimate of drug-likeness (QED) is 0.778. The van der Waals surface area contributed by atoms with Crippen LogP contribution in [0.25, 0.3) is 16.9 Å². The Labute approximate surface area is 115 Å². The first-order valence-corrected chi connectivity index (χ1v) is 6.16. The standard InChI is InChI=1S/C14H14FN5/c1-9-12(7-19(2)17-9)14-13(16)8-20(18-14)11-5-3-4-10(15)6-11/h3-8H,16H2,1-2H3. The van der Waals surface area contributed by atoms with Gasteiger partial charge in [0.25, 0.3) is 0 Å². The molecule has 1 aromatic carbocycles. The molecule has 2 N–H and O–H groups in total. The summed E-state index contributed by atoms with van der Waals surface area (Å²) in [5.74, 6) is -0.310. The van der Waals surface area contributed by atoms with Crippen molar-refractivity contribution in [1.29, 1.82) is 0 Å². The first-order chi connectivity index (χ1) is 9.54. The van der Waals surface area contributed by atoms with E-state index in [1.165, 1.54) is 12.1 Å². The SMILES string of the molecule is Cc1nn(C)cc1-c1nn(-c2cccc(F)c2)cc1N. The molecule has 0 aliphatic carbocycles. The molecule has 0 aliphatic heterocycles. The Balaban J connectivity index is 2.10. The van der Waals surface area contributed by atoms with Gasteiger partial charge in [0.15, 0.2) is 0 Å². The van der Waals surface area contributed by atoms with E-state index >= 15 is 0 Å². The summed E-state index contributed by atoms with van der Waals surface area (Å²) >= 11 is 0. The molecule has 102 valence electrons. The highest BCUT2D eigenvalue weighted by molar-refractivity contribution is 5.73. The zero-order chi connectivity index (χ0) is 14.3. The molecule has 0 saturated carbocycles. The van der Waals surface area contributed by atoms with Crippen molar-refractivity contribution in [1.82, 2.24) is 19.6 Å². The molecule has 20 heavy (non-hydrogen) atoms. The molecule has 3 rings (SSSR count). The normalized spacial score (nSPS) is 10.9. The minimum absolute atomic E-state index is 0.310. The maximum absolute atomic E-state index is 13.3. The average molecular weight is 271 g/mol. The molecule has 0 fully saturated rings. The number of hydrogen-bond donors (Lipinski definition) is 1. The summed E-state index contributed by atoms with van der Waals surface area (Å²) in [5, 5.41) is 8.71. The van der Waals surface area contributed by atoms with Crippen molar-refractivity contribution in [3.8, 4) is 16.9 Å². The van der Waals surface area contributed by atoms with Crippen molar-refractivity contribution in [3.05, 3.63) is 48.2 Å². The molecule has 2 aromatic heterocycles. The first-order valence-electron chi connectivity index (χ1n) is 6.16. The van der Waals surface area contributed by atoms with Crippen molar-refractivity contribution in [2.75, 3.05) is 5.73 Å². The predicted molar refractivity (Wildman–Crippen MR) is 74.9 cm³/mol. The number of anilines is 1. The molecule has 0 atom stereocenters. The summed E-state index contributed by atoms with van der Waals surface area (Å²) in [6, 6.07) is 6.21. The first kappa shape index (κ1) is 12.4. The Morgan fingerprint density at radius 1 is 1.20 bits per heavy atom. The maximum atomic E-state index is 13.3. The molecular weight excluding hydrogens is 257 g/mol. The molecule has 0 saturated heterocycles. The average Bonchev–Trinajstić information content (AvgIpc) is 2.92. The maximum Gasteiger partial charge on any atom is 0.125 e. The van der Waals surface area contributed by atoms with Crippen LogP contribution in [0.1, 0.15) is 5.69 Å². The Bertz CT molecular complexity index is 772. The molecule has 2 heterocycles. The zero-order valence-electron chi connectivity index (χ0n) is 11.2. The van der Waals surface area contributed by atoms with Gasteiger partial charge in [0.2, 0.25) is 0 Å².